The molecule has 2 heterocycles. The second kappa shape index (κ2) is 7.66. The van der Waals surface area contributed by atoms with Crippen molar-refractivity contribution in [3.8, 4) is 5.75 Å². The smallest absolute Gasteiger partial charge is 0.227 e. The SMILES string of the molecule is Cc1ccc(CC(=O)N2Cc3ccccc3OC[C@@H]2Cn2ccnc2)cc1. The van der Waals surface area contributed by atoms with Crippen LogP contribution in [-0.4, -0.2) is 33.0 Å². The Morgan fingerprint density at radius 2 is 2.00 bits per heavy atom. The Balaban J connectivity index is 1.59. The predicted octanol–water partition coefficient (Wildman–Crippen LogP) is 3.22. The highest BCUT2D eigenvalue weighted by atomic mass is 16.5. The predicted molar refractivity (Wildman–Crippen MR) is 103 cm³/mol. The summed E-state index contributed by atoms with van der Waals surface area (Å²) in [5.74, 6) is 0.975. The third-order valence-electron chi connectivity index (χ3n) is 4.96. The summed E-state index contributed by atoms with van der Waals surface area (Å²) in [6.07, 6.45) is 5.84. The fourth-order valence-corrected chi connectivity index (χ4v) is 3.43. The van der Waals surface area contributed by atoms with E-state index in [4.69, 9.17) is 4.74 Å². The van der Waals surface area contributed by atoms with E-state index in [0.29, 0.717) is 26.1 Å². The summed E-state index contributed by atoms with van der Waals surface area (Å²) >= 11 is 0. The molecule has 0 aliphatic carbocycles. The van der Waals surface area contributed by atoms with Crippen LogP contribution in [0.25, 0.3) is 0 Å². The van der Waals surface area contributed by atoms with E-state index < -0.39 is 0 Å². The lowest BCUT2D eigenvalue weighted by molar-refractivity contribution is -0.134. The zero-order valence-electron chi connectivity index (χ0n) is 15.4. The van der Waals surface area contributed by atoms with Crippen molar-refractivity contribution in [3.63, 3.8) is 0 Å². The van der Waals surface area contributed by atoms with Crippen LogP contribution in [0.1, 0.15) is 16.7 Å². The first-order chi connectivity index (χ1) is 13.2. The van der Waals surface area contributed by atoms with E-state index in [1.54, 1.807) is 12.5 Å². The molecule has 0 radical (unpaired) electrons. The van der Waals surface area contributed by atoms with Gasteiger partial charge in [0.05, 0.1) is 18.8 Å². The molecule has 3 aromatic rings. The topological polar surface area (TPSA) is 47.4 Å². The van der Waals surface area contributed by atoms with Gasteiger partial charge in [-0.2, -0.15) is 0 Å². The van der Waals surface area contributed by atoms with Gasteiger partial charge in [-0.1, -0.05) is 48.0 Å². The molecule has 0 bridgehead atoms. The Morgan fingerprint density at radius 3 is 2.78 bits per heavy atom. The number of hydrogen-bond donors (Lipinski definition) is 0. The fraction of sp³-hybridized carbons (Fsp3) is 0.273. The van der Waals surface area contributed by atoms with Gasteiger partial charge in [-0.25, -0.2) is 4.98 Å². The van der Waals surface area contributed by atoms with E-state index in [1.807, 2.05) is 64.2 Å². The molecule has 1 atom stereocenters. The summed E-state index contributed by atoms with van der Waals surface area (Å²) in [4.78, 5) is 19.3. The molecule has 0 unspecified atom stereocenters. The van der Waals surface area contributed by atoms with Gasteiger partial charge in [0.15, 0.2) is 0 Å². The number of carbonyl (C=O) groups is 1. The van der Waals surface area contributed by atoms with Crippen LogP contribution in [0.3, 0.4) is 0 Å². The highest BCUT2D eigenvalue weighted by Crippen LogP contribution is 2.26. The number of aryl methyl sites for hydroxylation is 1. The molecule has 1 aliphatic rings. The largest absolute Gasteiger partial charge is 0.491 e. The maximum atomic E-state index is 13.2. The highest BCUT2D eigenvalue weighted by Gasteiger charge is 2.28. The Bertz CT molecular complexity index is 904. The van der Waals surface area contributed by atoms with Crippen LogP contribution in [0.4, 0.5) is 0 Å². The Morgan fingerprint density at radius 1 is 1.19 bits per heavy atom. The maximum Gasteiger partial charge on any atom is 0.227 e. The number of hydrogen-bond acceptors (Lipinski definition) is 3. The number of aromatic nitrogens is 2. The molecule has 0 fully saturated rings. The molecule has 1 aliphatic heterocycles. The van der Waals surface area contributed by atoms with Crippen molar-refractivity contribution in [2.45, 2.75) is 32.5 Å². The van der Waals surface area contributed by atoms with Crippen molar-refractivity contribution < 1.29 is 9.53 Å². The lowest BCUT2D eigenvalue weighted by atomic mass is 10.1. The van der Waals surface area contributed by atoms with Gasteiger partial charge in [-0.15, -0.1) is 0 Å². The minimum atomic E-state index is -0.0513. The second-order valence-corrected chi connectivity index (χ2v) is 7.02. The summed E-state index contributed by atoms with van der Waals surface area (Å²) in [5.41, 5.74) is 3.27. The zero-order chi connectivity index (χ0) is 18.6. The van der Waals surface area contributed by atoms with E-state index in [-0.39, 0.29) is 11.9 Å². The average Bonchev–Trinajstić information content (AvgIpc) is 3.12. The molecule has 1 aromatic heterocycles. The van der Waals surface area contributed by atoms with Gasteiger partial charge in [-0.05, 0) is 18.6 Å². The van der Waals surface area contributed by atoms with Gasteiger partial charge >= 0.3 is 0 Å². The van der Waals surface area contributed by atoms with E-state index in [2.05, 4.69) is 11.9 Å². The lowest BCUT2D eigenvalue weighted by Gasteiger charge is -2.29. The van der Waals surface area contributed by atoms with Gasteiger partial charge in [0.1, 0.15) is 12.4 Å². The lowest BCUT2D eigenvalue weighted by Crippen LogP contribution is -2.44. The van der Waals surface area contributed by atoms with Crippen molar-refractivity contribution >= 4 is 5.91 Å². The third kappa shape index (κ3) is 4.03. The van der Waals surface area contributed by atoms with Crippen LogP contribution in [0.2, 0.25) is 0 Å². The first-order valence-corrected chi connectivity index (χ1v) is 9.20. The number of nitrogens with zero attached hydrogens (tertiary/aromatic N) is 3. The number of imidazole rings is 1. The van der Waals surface area contributed by atoms with Crippen LogP contribution in [0.15, 0.2) is 67.3 Å². The maximum absolute atomic E-state index is 13.2. The highest BCUT2D eigenvalue weighted by molar-refractivity contribution is 5.79. The average molecular weight is 361 g/mol. The van der Waals surface area contributed by atoms with E-state index >= 15 is 0 Å². The summed E-state index contributed by atoms with van der Waals surface area (Å²) < 4.78 is 8.02. The molecule has 1 amide bonds. The molecule has 0 saturated carbocycles. The van der Waals surface area contributed by atoms with Gasteiger partial charge < -0.3 is 14.2 Å². The molecule has 2 aromatic carbocycles. The summed E-state index contributed by atoms with van der Waals surface area (Å²) in [6.45, 7) is 3.73. The van der Waals surface area contributed by atoms with Crippen molar-refractivity contribution in [3.05, 3.63) is 83.9 Å². The Hall–Kier alpha value is -3.08. The van der Waals surface area contributed by atoms with Crippen LogP contribution in [0.5, 0.6) is 5.75 Å². The monoisotopic (exact) mass is 361 g/mol. The number of amides is 1. The standard InChI is InChI=1S/C22H23N3O2/c1-17-6-8-18(9-7-17)12-22(26)25-13-19-4-2-3-5-21(19)27-15-20(25)14-24-11-10-23-16-24/h2-11,16,20H,12-15H2,1H3/t20-/m0/s1. The molecular weight excluding hydrogens is 338 g/mol. The third-order valence-corrected chi connectivity index (χ3v) is 4.96. The van der Waals surface area contributed by atoms with Crippen LogP contribution in [-0.2, 0) is 24.3 Å². The molecular formula is C22H23N3O2. The molecule has 0 N–H and O–H groups in total. The second-order valence-electron chi connectivity index (χ2n) is 7.02. The zero-order valence-corrected chi connectivity index (χ0v) is 15.4. The Labute approximate surface area is 159 Å². The molecule has 138 valence electrons. The van der Waals surface area contributed by atoms with E-state index in [9.17, 15) is 4.79 Å². The summed E-state index contributed by atoms with van der Waals surface area (Å²) in [6, 6.07) is 16.1. The number of para-hydroxylation sites is 1. The summed E-state index contributed by atoms with van der Waals surface area (Å²) in [7, 11) is 0. The van der Waals surface area contributed by atoms with Crippen molar-refractivity contribution in [2.24, 2.45) is 0 Å². The van der Waals surface area contributed by atoms with Crippen LogP contribution in [0, 0.1) is 6.92 Å². The molecule has 5 heteroatoms. The first kappa shape index (κ1) is 17.3. The quantitative estimate of drug-likeness (QED) is 0.717. The number of rotatable bonds is 4. The normalized spacial score (nSPS) is 16.3. The van der Waals surface area contributed by atoms with Gasteiger partial charge in [-0.3, -0.25) is 4.79 Å². The van der Waals surface area contributed by atoms with Gasteiger partial charge in [0.25, 0.3) is 0 Å². The van der Waals surface area contributed by atoms with E-state index in [0.717, 1.165) is 16.9 Å². The minimum Gasteiger partial charge on any atom is -0.491 e. The molecule has 4 rings (SSSR count). The van der Waals surface area contributed by atoms with Crippen molar-refractivity contribution in [1.29, 1.82) is 0 Å². The first-order valence-electron chi connectivity index (χ1n) is 9.20. The number of ether oxygens (including phenoxy) is 1. The summed E-state index contributed by atoms with van der Waals surface area (Å²) in [5, 5.41) is 0. The molecule has 0 spiro atoms. The number of fused-ring (bicyclic) bond motifs is 1. The number of carbonyl (C=O) groups excluding carboxylic acids is 1. The minimum absolute atomic E-state index is 0.0513. The molecule has 0 saturated heterocycles. The Kier molecular flexibility index (Phi) is 4.92. The van der Waals surface area contributed by atoms with Gasteiger partial charge in [0, 0.05) is 31.0 Å². The van der Waals surface area contributed by atoms with Gasteiger partial charge in [0.2, 0.25) is 5.91 Å². The number of benzene rings is 2. The fourth-order valence-electron chi connectivity index (χ4n) is 3.43. The van der Waals surface area contributed by atoms with E-state index in [1.165, 1.54) is 5.56 Å². The molecule has 27 heavy (non-hydrogen) atoms. The molecule has 5 nitrogen and oxygen atoms in total. The van der Waals surface area contributed by atoms with Crippen LogP contribution >= 0.6 is 0 Å². The van der Waals surface area contributed by atoms with Crippen LogP contribution < -0.4 is 4.74 Å². The van der Waals surface area contributed by atoms with Crippen molar-refractivity contribution in [2.75, 3.05) is 6.61 Å². The van der Waals surface area contributed by atoms with Crippen molar-refractivity contribution in [1.82, 2.24) is 14.5 Å².